The number of hydrogen-bond donors (Lipinski definition) is 1. The Morgan fingerprint density at radius 1 is 0.923 bits per heavy atom. The molecule has 0 rings (SSSR count). The van der Waals surface area contributed by atoms with Gasteiger partial charge in [-0.3, -0.25) is 0 Å². The Bertz CT molecular complexity index is 320. The summed E-state index contributed by atoms with van der Waals surface area (Å²) >= 11 is 6.32. The zero-order valence-electron chi connectivity index (χ0n) is 17.9. The average molecular weight is 390 g/mol. The summed E-state index contributed by atoms with van der Waals surface area (Å²) in [6, 6.07) is 0. The zero-order chi connectivity index (χ0) is 20.2. The summed E-state index contributed by atoms with van der Waals surface area (Å²) in [5.74, 6) is -0.935. The Kier molecular flexibility index (Phi) is 22.1. The molecule has 26 heavy (non-hydrogen) atoms. The standard InChI is InChI=1S/C18H38ClN.C4H6O2/c1-4-5-6-7-8-9-10-11-12-13-14-15-18(19)16-17-20(2)3;1-3(2)4(5)6/h18H,4-17H2,1-3H3;1H2,2H3,(H,5,6). The van der Waals surface area contributed by atoms with E-state index in [-0.39, 0.29) is 5.57 Å². The van der Waals surface area contributed by atoms with Crippen molar-refractivity contribution < 1.29 is 9.90 Å². The van der Waals surface area contributed by atoms with Crippen LogP contribution in [0.15, 0.2) is 12.2 Å². The molecule has 0 spiro atoms. The maximum atomic E-state index is 9.60. The van der Waals surface area contributed by atoms with Crippen molar-refractivity contribution in [3.63, 3.8) is 0 Å². The van der Waals surface area contributed by atoms with Crippen molar-refractivity contribution in [2.45, 2.75) is 103 Å². The third-order valence-corrected chi connectivity index (χ3v) is 4.81. The largest absolute Gasteiger partial charge is 0.478 e. The Balaban J connectivity index is 0. The number of halogens is 1. The number of hydrogen-bond acceptors (Lipinski definition) is 2. The average Bonchev–Trinajstić information content (AvgIpc) is 2.58. The summed E-state index contributed by atoms with van der Waals surface area (Å²) in [7, 11) is 4.23. The fourth-order valence-corrected chi connectivity index (χ4v) is 2.82. The van der Waals surface area contributed by atoms with Crippen molar-refractivity contribution in [1.82, 2.24) is 4.90 Å². The smallest absolute Gasteiger partial charge is 0.330 e. The van der Waals surface area contributed by atoms with Crippen LogP contribution in [0.1, 0.15) is 97.3 Å². The fraction of sp³-hybridized carbons (Fsp3) is 0.864. The number of rotatable bonds is 16. The van der Waals surface area contributed by atoms with E-state index < -0.39 is 5.97 Å². The van der Waals surface area contributed by atoms with E-state index in [4.69, 9.17) is 16.7 Å². The Morgan fingerprint density at radius 2 is 1.31 bits per heavy atom. The van der Waals surface area contributed by atoms with Gasteiger partial charge in [0.2, 0.25) is 0 Å². The zero-order valence-corrected chi connectivity index (χ0v) is 18.6. The molecule has 3 nitrogen and oxygen atoms in total. The molecule has 0 radical (unpaired) electrons. The van der Waals surface area contributed by atoms with Crippen molar-refractivity contribution >= 4 is 17.6 Å². The minimum atomic E-state index is -0.935. The lowest BCUT2D eigenvalue weighted by Crippen LogP contribution is -2.16. The Morgan fingerprint density at radius 3 is 1.65 bits per heavy atom. The van der Waals surface area contributed by atoms with Crippen LogP contribution in [0, 0.1) is 0 Å². The van der Waals surface area contributed by atoms with E-state index in [0.717, 1.165) is 13.0 Å². The molecule has 1 atom stereocenters. The van der Waals surface area contributed by atoms with Crippen LogP contribution in [-0.4, -0.2) is 42.0 Å². The number of aliphatic carboxylic acids is 1. The number of nitrogens with zero attached hydrogens (tertiary/aromatic N) is 1. The summed E-state index contributed by atoms with van der Waals surface area (Å²) in [5.41, 5.74) is 0.176. The lowest BCUT2D eigenvalue weighted by atomic mass is 10.0. The van der Waals surface area contributed by atoms with Gasteiger partial charge in [0, 0.05) is 11.0 Å². The molecule has 0 saturated carbocycles. The van der Waals surface area contributed by atoms with Gasteiger partial charge in [0.15, 0.2) is 0 Å². The third kappa shape index (κ3) is 25.7. The number of unbranched alkanes of at least 4 members (excludes halogenated alkanes) is 10. The van der Waals surface area contributed by atoms with Crippen molar-refractivity contribution in [2.75, 3.05) is 20.6 Å². The maximum Gasteiger partial charge on any atom is 0.330 e. The van der Waals surface area contributed by atoms with Crippen LogP contribution in [0.2, 0.25) is 0 Å². The third-order valence-electron chi connectivity index (χ3n) is 4.38. The van der Waals surface area contributed by atoms with Crippen molar-refractivity contribution in [2.24, 2.45) is 0 Å². The molecule has 0 aromatic heterocycles. The van der Waals surface area contributed by atoms with Gasteiger partial charge in [0.05, 0.1) is 0 Å². The van der Waals surface area contributed by atoms with Gasteiger partial charge in [0.25, 0.3) is 0 Å². The highest BCUT2D eigenvalue weighted by Crippen LogP contribution is 2.15. The van der Waals surface area contributed by atoms with Crippen LogP contribution in [0.25, 0.3) is 0 Å². The minimum absolute atomic E-state index is 0.176. The molecule has 156 valence electrons. The second-order valence-electron chi connectivity index (χ2n) is 7.60. The van der Waals surface area contributed by atoms with Crippen molar-refractivity contribution in [3.05, 3.63) is 12.2 Å². The van der Waals surface area contributed by atoms with E-state index in [2.05, 4.69) is 32.5 Å². The molecule has 0 saturated heterocycles. The van der Waals surface area contributed by atoms with E-state index in [9.17, 15) is 4.79 Å². The Hall–Kier alpha value is -0.540. The van der Waals surface area contributed by atoms with Gasteiger partial charge in [-0.2, -0.15) is 0 Å². The predicted octanol–water partition coefficient (Wildman–Crippen LogP) is 6.89. The lowest BCUT2D eigenvalue weighted by Gasteiger charge is -2.13. The predicted molar refractivity (Wildman–Crippen MR) is 116 cm³/mol. The summed E-state index contributed by atoms with van der Waals surface area (Å²) in [4.78, 5) is 11.8. The lowest BCUT2D eigenvalue weighted by molar-refractivity contribution is -0.132. The second kappa shape index (κ2) is 20.8. The fourth-order valence-electron chi connectivity index (χ4n) is 2.57. The number of carboxylic acid groups (broad SMARTS) is 1. The number of carboxylic acids is 1. The minimum Gasteiger partial charge on any atom is -0.478 e. The summed E-state index contributed by atoms with van der Waals surface area (Å²) < 4.78 is 0. The first kappa shape index (κ1) is 27.7. The SMILES string of the molecule is C=C(C)C(=O)O.CCCCCCCCCCCCCC(Cl)CCN(C)C. The monoisotopic (exact) mass is 389 g/mol. The molecule has 0 aliphatic heterocycles. The molecular formula is C22H44ClNO2. The van der Waals surface area contributed by atoms with E-state index in [1.807, 2.05) is 0 Å². The molecular weight excluding hydrogens is 346 g/mol. The molecule has 1 N–H and O–H groups in total. The van der Waals surface area contributed by atoms with Crippen molar-refractivity contribution in [1.29, 1.82) is 0 Å². The first-order valence-electron chi connectivity index (χ1n) is 10.5. The quantitative estimate of drug-likeness (QED) is 0.177. The molecule has 0 bridgehead atoms. The highest BCUT2D eigenvalue weighted by atomic mass is 35.5. The molecule has 0 fully saturated rings. The van der Waals surface area contributed by atoms with Crippen LogP contribution < -0.4 is 0 Å². The van der Waals surface area contributed by atoms with Crippen LogP contribution in [0.4, 0.5) is 0 Å². The highest BCUT2D eigenvalue weighted by Gasteiger charge is 2.04. The summed E-state index contributed by atoms with van der Waals surface area (Å²) in [5, 5.41) is 8.28. The molecule has 0 aliphatic carbocycles. The van der Waals surface area contributed by atoms with Crippen LogP contribution in [-0.2, 0) is 4.79 Å². The molecule has 0 aromatic carbocycles. The number of alkyl halides is 1. The van der Waals surface area contributed by atoms with Crippen LogP contribution in [0.3, 0.4) is 0 Å². The van der Waals surface area contributed by atoms with Gasteiger partial charge in [-0.1, -0.05) is 84.1 Å². The topological polar surface area (TPSA) is 40.5 Å². The van der Waals surface area contributed by atoms with Gasteiger partial charge in [0.1, 0.15) is 0 Å². The Labute approximate surface area is 168 Å². The second-order valence-corrected chi connectivity index (χ2v) is 8.22. The van der Waals surface area contributed by atoms with Gasteiger partial charge in [-0.05, 0) is 40.4 Å². The molecule has 0 aromatic rings. The first-order chi connectivity index (χ1) is 12.3. The van der Waals surface area contributed by atoms with Gasteiger partial charge < -0.3 is 10.0 Å². The normalized spacial score (nSPS) is 11.8. The van der Waals surface area contributed by atoms with E-state index in [0.29, 0.717) is 5.38 Å². The van der Waals surface area contributed by atoms with Gasteiger partial charge in [-0.25, -0.2) is 4.79 Å². The highest BCUT2D eigenvalue weighted by molar-refractivity contribution is 6.20. The maximum absolute atomic E-state index is 9.60. The molecule has 0 heterocycles. The summed E-state index contributed by atoms with van der Waals surface area (Å²) in [6.07, 6.45) is 17.9. The summed E-state index contributed by atoms with van der Waals surface area (Å²) in [6.45, 7) is 8.00. The van der Waals surface area contributed by atoms with Gasteiger partial charge in [-0.15, -0.1) is 11.6 Å². The van der Waals surface area contributed by atoms with E-state index >= 15 is 0 Å². The van der Waals surface area contributed by atoms with Crippen molar-refractivity contribution in [3.8, 4) is 0 Å². The molecule has 4 heteroatoms. The van der Waals surface area contributed by atoms with Crippen LogP contribution in [0.5, 0.6) is 0 Å². The first-order valence-corrected chi connectivity index (χ1v) is 10.9. The molecule has 0 amide bonds. The molecule has 0 aliphatic rings. The number of carbonyl (C=O) groups is 1. The van der Waals surface area contributed by atoms with E-state index in [1.165, 1.54) is 84.0 Å². The van der Waals surface area contributed by atoms with E-state index in [1.54, 1.807) is 0 Å². The van der Waals surface area contributed by atoms with Gasteiger partial charge >= 0.3 is 5.97 Å². The molecule has 1 unspecified atom stereocenters. The van der Waals surface area contributed by atoms with Crippen LogP contribution >= 0.6 is 11.6 Å².